The van der Waals surface area contributed by atoms with Crippen LogP contribution >= 0.6 is 11.6 Å². The van der Waals surface area contributed by atoms with Crippen molar-refractivity contribution in [3.8, 4) is 5.75 Å². The van der Waals surface area contributed by atoms with Gasteiger partial charge in [0.2, 0.25) is 9.84 Å². The lowest BCUT2D eigenvalue weighted by Crippen LogP contribution is -2.29. The van der Waals surface area contributed by atoms with Crippen LogP contribution in [-0.2, 0) is 27.6 Å². The van der Waals surface area contributed by atoms with Crippen molar-refractivity contribution in [3.63, 3.8) is 0 Å². The van der Waals surface area contributed by atoms with Gasteiger partial charge in [-0.15, -0.1) is 0 Å². The molecule has 0 saturated carbocycles. The standard InChI is InChI=1S/C32H32ClNO6S/c33-27-11-4-10-26(19-27)31(35)22-34(21-25-7-2-1-3-8-25)18-6-9-24-14-16-29(17-15-24)41(38,39)30-13-5-12-28(20-30)40-23-32(36)37/h1-5,7-8,10-17,19-20,31,35H,6,9,18,21-23H2,(H,36,37)/t31-/m1/s1. The summed E-state index contributed by atoms with van der Waals surface area (Å²) in [7, 11) is -3.80. The summed E-state index contributed by atoms with van der Waals surface area (Å²) in [4.78, 5) is 13.1. The number of aryl methyl sites for hydroxylation is 1. The Labute approximate surface area is 245 Å². The highest BCUT2D eigenvalue weighted by molar-refractivity contribution is 7.91. The predicted molar refractivity (Wildman–Crippen MR) is 158 cm³/mol. The summed E-state index contributed by atoms with van der Waals surface area (Å²) in [5.41, 5.74) is 2.92. The first-order valence-electron chi connectivity index (χ1n) is 13.2. The number of aliphatic hydroxyl groups excluding tert-OH is 1. The zero-order valence-electron chi connectivity index (χ0n) is 22.4. The van der Waals surface area contributed by atoms with Crippen LogP contribution in [0.5, 0.6) is 5.75 Å². The number of nitrogens with zero attached hydrogens (tertiary/aromatic N) is 1. The number of rotatable bonds is 14. The Morgan fingerprint density at radius 2 is 1.59 bits per heavy atom. The van der Waals surface area contributed by atoms with Crippen LogP contribution in [0.4, 0.5) is 0 Å². The SMILES string of the molecule is O=C(O)COc1cccc(S(=O)(=O)c2ccc(CCCN(Cc3ccccc3)C[C@@H](O)c3cccc(Cl)c3)cc2)c1. The summed E-state index contributed by atoms with van der Waals surface area (Å²) in [5, 5.41) is 20.3. The van der Waals surface area contributed by atoms with Gasteiger partial charge in [-0.3, -0.25) is 4.90 Å². The van der Waals surface area contributed by atoms with Crippen molar-refractivity contribution >= 4 is 27.4 Å². The highest BCUT2D eigenvalue weighted by atomic mass is 35.5. The molecule has 9 heteroatoms. The van der Waals surface area contributed by atoms with E-state index in [1.807, 2.05) is 30.3 Å². The van der Waals surface area contributed by atoms with E-state index >= 15 is 0 Å². The molecule has 0 aromatic heterocycles. The molecule has 1 atom stereocenters. The molecule has 0 heterocycles. The number of benzene rings is 4. The molecule has 4 aromatic carbocycles. The van der Waals surface area contributed by atoms with Crippen molar-refractivity contribution in [2.24, 2.45) is 0 Å². The lowest BCUT2D eigenvalue weighted by Gasteiger charge is -2.25. The van der Waals surface area contributed by atoms with E-state index in [-0.39, 0.29) is 15.5 Å². The molecule has 7 nitrogen and oxygen atoms in total. The second-order valence-corrected chi connectivity index (χ2v) is 12.1. The van der Waals surface area contributed by atoms with Gasteiger partial charge in [-0.1, -0.05) is 72.3 Å². The maximum Gasteiger partial charge on any atom is 0.341 e. The molecule has 0 radical (unpaired) electrons. The predicted octanol–water partition coefficient (Wildman–Crippen LogP) is 5.80. The van der Waals surface area contributed by atoms with Gasteiger partial charge in [-0.05, 0) is 78.5 Å². The Morgan fingerprint density at radius 3 is 2.29 bits per heavy atom. The normalized spacial score (nSPS) is 12.3. The van der Waals surface area contributed by atoms with Gasteiger partial charge in [0.05, 0.1) is 15.9 Å². The van der Waals surface area contributed by atoms with E-state index < -0.39 is 28.5 Å². The molecule has 41 heavy (non-hydrogen) atoms. The number of hydrogen-bond donors (Lipinski definition) is 2. The van der Waals surface area contributed by atoms with Crippen molar-refractivity contribution in [1.29, 1.82) is 0 Å². The molecule has 0 bridgehead atoms. The first-order valence-corrected chi connectivity index (χ1v) is 15.1. The van der Waals surface area contributed by atoms with Crippen molar-refractivity contribution in [2.75, 3.05) is 19.7 Å². The average Bonchev–Trinajstić information content (AvgIpc) is 2.97. The third kappa shape index (κ3) is 8.90. The minimum Gasteiger partial charge on any atom is -0.482 e. The van der Waals surface area contributed by atoms with Crippen molar-refractivity contribution in [2.45, 2.75) is 35.3 Å². The monoisotopic (exact) mass is 593 g/mol. The number of aliphatic hydroxyl groups is 1. The van der Waals surface area contributed by atoms with E-state index in [1.54, 1.807) is 36.4 Å². The molecular weight excluding hydrogens is 562 g/mol. The molecule has 0 aliphatic rings. The molecule has 0 amide bonds. The van der Waals surface area contributed by atoms with Crippen LogP contribution in [0.2, 0.25) is 5.02 Å². The fraction of sp³-hybridized carbons (Fsp3) is 0.219. The summed E-state index contributed by atoms with van der Waals surface area (Å²) in [6.45, 7) is 1.31. The number of carbonyl (C=O) groups is 1. The molecule has 0 saturated heterocycles. The topological polar surface area (TPSA) is 104 Å². The van der Waals surface area contributed by atoms with Crippen LogP contribution in [0, 0.1) is 0 Å². The Bertz CT molecular complexity index is 1540. The fourth-order valence-corrected chi connectivity index (χ4v) is 5.99. The van der Waals surface area contributed by atoms with Crippen LogP contribution in [0.3, 0.4) is 0 Å². The molecule has 0 fully saturated rings. The molecule has 0 spiro atoms. The van der Waals surface area contributed by atoms with Crippen LogP contribution in [-0.4, -0.2) is 49.2 Å². The van der Waals surface area contributed by atoms with Crippen LogP contribution in [0.15, 0.2) is 113 Å². The minimum absolute atomic E-state index is 0.0305. The maximum absolute atomic E-state index is 13.1. The van der Waals surface area contributed by atoms with Gasteiger partial charge in [0, 0.05) is 18.1 Å². The molecule has 2 N–H and O–H groups in total. The van der Waals surface area contributed by atoms with E-state index in [2.05, 4.69) is 17.0 Å². The Kier molecular flexibility index (Phi) is 10.5. The van der Waals surface area contributed by atoms with Gasteiger partial charge in [0.1, 0.15) is 5.75 Å². The first-order chi connectivity index (χ1) is 19.7. The molecule has 0 unspecified atom stereocenters. The highest BCUT2D eigenvalue weighted by Crippen LogP contribution is 2.25. The average molecular weight is 594 g/mol. The summed E-state index contributed by atoms with van der Waals surface area (Å²) in [6.07, 6.45) is 0.858. The second-order valence-electron chi connectivity index (χ2n) is 9.70. The minimum atomic E-state index is -3.80. The Hall–Kier alpha value is -3.69. The van der Waals surface area contributed by atoms with E-state index in [4.69, 9.17) is 21.4 Å². The highest BCUT2D eigenvalue weighted by Gasteiger charge is 2.19. The van der Waals surface area contributed by atoms with E-state index in [0.717, 1.165) is 36.1 Å². The summed E-state index contributed by atoms with van der Waals surface area (Å²) in [6, 6.07) is 29.9. The van der Waals surface area contributed by atoms with Crippen molar-refractivity contribution < 1.29 is 28.2 Å². The van der Waals surface area contributed by atoms with Crippen LogP contribution in [0.1, 0.15) is 29.2 Å². The molecule has 0 aliphatic heterocycles. The lowest BCUT2D eigenvalue weighted by molar-refractivity contribution is -0.139. The number of sulfone groups is 1. The van der Waals surface area contributed by atoms with Gasteiger partial charge in [-0.2, -0.15) is 0 Å². The largest absolute Gasteiger partial charge is 0.482 e. The lowest BCUT2D eigenvalue weighted by atomic mass is 10.1. The second kappa shape index (κ2) is 14.3. The zero-order valence-corrected chi connectivity index (χ0v) is 24.0. The van der Waals surface area contributed by atoms with Gasteiger partial charge in [-0.25, -0.2) is 13.2 Å². The number of ether oxygens (including phenoxy) is 1. The van der Waals surface area contributed by atoms with E-state index in [1.165, 1.54) is 24.3 Å². The van der Waals surface area contributed by atoms with Gasteiger partial charge < -0.3 is 14.9 Å². The van der Waals surface area contributed by atoms with E-state index in [9.17, 15) is 18.3 Å². The summed E-state index contributed by atoms with van der Waals surface area (Å²) >= 11 is 6.12. The third-order valence-electron chi connectivity index (χ3n) is 6.57. The van der Waals surface area contributed by atoms with E-state index in [0.29, 0.717) is 18.1 Å². The van der Waals surface area contributed by atoms with Gasteiger partial charge in [0.15, 0.2) is 6.61 Å². The van der Waals surface area contributed by atoms with Crippen LogP contribution in [0.25, 0.3) is 0 Å². The van der Waals surface area contributed by atoms with Gasteiger partial charge in [0.25, 0.3) is 0 Å². The van der Waals surface area contributed by atoms with Crippen molar-refractivity contribution in [1.82, 2.24) is 4.90 Å². The summed E-state index contributed by atoms with van der Waals surface area (Å²) < 4.78 is 31.4. The molecule has 214 valence electrons. The smallest absolute Gasteiger partial charge is 0.341 e. The quantitative estimate of drug-likeness (QED) is 0.190. The Balaban J connectivity index is 1.39. The summed E-state index contributed by atoms with van der Waals surface area (Å²) in [5.74, 6) is -0.972. The van der Waals surface area contributed by atoms with Crippen molar-refractivity contribution in [3.05, 3.63) is 125 Å². The number of halogens is 1. The van der Waals surface area contributed by atoms with Gasteiger partial charge >= 0.3 is 5.97 Å². The number of hydrogen-bond acceptors (Lipinski definition) is 6. The number of carboxylic acid groups (broad SMARTS) is 1. The Morgan fingerprint density at radius 1 is 0.854 bits per heavy atom. The third-order valence-corrected chi connectivity index (χ3v) is 8.57. The fourth-order valence-electron chi connectivity index (χ4n) is 4.49. The molecule has 4 aromatic rings. The maximum atomic E-state index is 13.1. The van der Waals surface area contributed by atoms with Crippen LogP contribution < -0.4 is 4.74 Å². The molecule has 4 rings (SSSR count). The number of carboxylic acids is 1. The first kappa shape index (κ1) is 30.3. The molecular formula is C32H32ClNO6S. The zero-order chi connectivity index (χ0) is 29.2. The number of aliphatic carboxylic acids is 1. The molecule has 0 aliphatic carbocycles.